The minimum atomic E-state index is -0.758. The quantitative estimate of drug-likeness (QED) is 0.806. The molecule has 2 heterocycles. The topological polar surface area (TPSA) is 59.4 Å². The van der Waals surface area contributed by atoms with Crippen molar-refractivity contribution in [3.8, 4) is 0 Å². The summed E-state index contributed by atoms with van der Waals surface area (Å²) in [6.07, 6.45) is 3.64. The molecule has 1 unspecified atom stereocenters. The molecular weight excluding hydrogens is 232 g/mol. The number of amides is 1. The minimum Gasteiger partial charge on any atom is -0.363 e. The molecule has 1 atom stereocenters. The van der Waals surface area contributed by atoms with Gasteiger partial charge in [-0.25, -0.2) is 4.98 Å². The van der Waals surface area contributed by atoms with E-state index >= 15 is 0 Å². The molecule has 100 valence electrons. The standard InChI is InChI=1S/C12H20N4O2/c1-12(11(17)13-2)8-16(4-5-18-12)7-10-6-14-9-15(10)3/h6,9H,4-5,7-8H2,1-3H3,(H,13,17). The monoisotopic (exact) mass is 252 g/mol. The van der Waals surface area contributed by atoms with Crippen LogP contribution in [0.2, 0.25) is 0 Å². The summed E-state index contributed by atoms with van der Waals surface area (Å²) in [4.78, 5) is 18.1. The number of nitrogens with zero attached hydrogens (tertiary/aromatic N) is 3. The van der Waals surface area contributed by atoms with Gasteiger partial charge in [0.1, 0.15) is 0 Å². The van der Waals surface area contributed by atoms with Crippen LogP contribution in [0.1, 0.15) is 12.6 Å². The lowest BCUT2D eigenvalue weighted by atomic mass is 10.0. The lowest BCUT2D eigenvalue weighted by molar-refractivity contribution is -0.156. The average molecular weight is 252 g/mol. The van der Waals surface area contributed by atoms with E-state index in [1.807, 2.05) is 24.7 Å². The van der Waals surface area contributed by atoms with Gasteiger partial charge in [0.15, 0.2) is 5.60 Å². The number of likely N-dealkylation sites (N-methyl/N-ethyl adjacent to an activating group) is 1. The van der Waals surface area contributed by atoms with Crippen molar-refractivity contribution in [3.05, 3.63) is 18.2 Å². The van der Waals surface area contributed by atoms with Crippen LogP contribution in [0.25, 0.3) is 0 Å². The Morgan fingerprint density at radius 2 is 2.44 bits per heavy atom. The number of aryl methyl sites for hydroxylation is 1. The van der Waals surface area contributed by atoms with Gasteiger partial charge in [0.05, 0.1) is 18.6 Å². The highest BCUT2D eigenvalue weighted by atomic mass is 16.5. The molecule has 1 saturated heterocycles. The molecule has 1 N–H and O–H groups in total. The van der Waals surface area contributed by atoms with Gasteiger partial charge >= 0.3 is 0 Å². The van der Waals surface area contributed by atoms with E-state index in [-0.39, 0.29) is 5.91 Å². The first-order valence-electron chi connectivity index (χ1n) is 6.09. The maximum atomic E-state index is 11.8. The lowest BCUT2D eigenvalue weighted by Crippen LogP contribution is -2.57. The molecule has 0 bridgehead atoms. The van der Waals surface area contributed by atoms with Crippen molar-refractivity contribution in [2.75, 3.05) is 26.7 Å². The second-order valence-corrected chi connectivity index (χ2v) is 4.86. The normalized spacial score (nSPS) is 25.1. The molecule has 6 nitrogen and oxygen atoms in total. The Hall–Kier alpha value is -1.40. The van der Waals surface area contributed by atoms with Crippen LogP contribution in [0.3, 0.4) is 0 Å². The average Bonchev–Trinajstić information content (AvgIpc) is 2.74. The molecule has 2 rings (SSSR count). The Labute approximate surface area is 107 Å². The maximum Gasteiger partial charge on any atom is 0.253 e. The summed E-state index contributed by atoms with van der Waals surface area (Å²) in [5, 5.41) is 2.66. The SMILES string of the molecule is CNC(=O)C1(C)CN(Cc2cncn2C)CCO1. The molecule has 0 aromatic carbocycles. The predicted octanol–water partition coefficient (Wildman–Crippen LogP) is -0.243. The van der Waals surface area contributed by atoms with E-state index in [1.54, 1.807) is 13.4 Å². The van der Waals surface area contributed by atoms with Gasteiger partial charge in [-0.05, 0) is 6.92 Å². The van der Waals surface area contributed by atoms with Crippen molar-refractivity contribution < 1.29 is 9.53 Å². The smallest absolute Gasteiger partial charge is 0.253 e. The van der Waals surface area contributed by atoms with Gasteiger partial charge in [0, 0.05) is 39.9 Å². The van der Waals surface area contributed by atoms with E-state index in [4.69, 9.17) is 4.74 Å². The van der Waals surface area contributed by atoms with Crippen LogP contribution in [0.4, 0.5) is 0 Å². The van der Waals surface area contributed by atoms with Crippen molar-refractivity contribution in [2.24, 2.45) is 7.05 Å². The zero-order valence-corrected chi connectivity index (χ0v) is 11.1. The van der Waals surface area contributed by atoms with Crippen LogP contribution >= 0.6 is 0 Å². The highest BCUT2D eigenvalue weighted by Crippen LogP contribution is 2.19. The molecule has 6 heteroatoms. The van der Waals surface area contributed by atoms with Crippen LogP contribution in [0, 0.1) is 0 Å². The predicted molar refractivity (Wildman–Crippen MR) is 66.9 cm³/mol. The van der Waals surface area contributed by atoms with Crippen molar-refractivity contribution in [1.82, 2.24) is 19.8 Å². The summed E-state index contributed by atoms with van der Waals surface area (Å²) >= 11 is 0. The Balaban J connectivity index is 2.03. The van der Waals surface area contributed by atoms with Gasteiger partial charge in [-0.3, -0.25) is 9.69 Å². The summed E-state index contributed by atoms with van der Waals surface area (Å²) in [5.41, 5.74) is 0.377. The molecule has 0 radical (unpaired) electrons. The van der Waals surface area contributed by atoms with E-state index in [1.165, 1.54) is 0 Å². The molecule has 1 amide bonds. The highest BCUT2D eigenvalue weighted by Gasteiger charge is 2.38. The van der Waals surface area contributed by atoms with Gasteiger partial charge in [0.25, 0.3) is 5.91 Å². The van der Waals surface area contributed by atoms with Crippen LogP contribution in [-0.2, 0) is 23.1 Å². The first-order chi connectivity index (χ1) is 8.55. The lowest BCUT2D eigenvalue weighted by Gasteiger charge is -2.38. The van der Waals surface area contributed by atoms with Gasteiger partial charge < -0.3 is 14.6 Å². The van der Waals surface area contributed by atoms with Gasteiger partial charge in [-0.2, -0.15) is 0 Å². The van der Waals surface area contributed by atoms with Crippen LogP contribution in [0.5, 0.6) is 0 Å². The number of imidazole rings is 1. The first-order valence-corrected chi connectivity index (χ1v) is 6.09. The number of hydrogen-bond acceptors (Lipinski definition) is 4. The Bertz CT molecular complexity index is 431. The summed E-state index contributed by atoms with van der Waals surface area (Å²) in [6.45, 7) is 4.62. The third-order valence-electron chi connectivity index (χ3n) is 3.36. The maximum absolute atomic E-state index is 11.8. The highest BCUT2D eigenvalue weighted by molar-refractivity contribution is 5.84. The van der Waals surface area contributed by atoms with E-state index in [9.17, 15) is 4.79 Å². The number of nitrogens with one attached hydrogen (secondary N) is 1. The van der Waals surface area contributed by atoms with E-state index < -0.39 is 5.60 Å². The van der Waals surface area contributed by atoms with Gasteiger partial charge in [-0.15, -0.1) is 0 Å². The molecule has 18 heavy (non-hydrogen) atoms. The molecule has 0 aliphatic carbocycles. The number of carbonyl (C=O) groups is 1. The zero-order chi connectivity index (χ0) is 13.2. The molecule has 1 fully saturated rings. The number of morpholine rings is 1. The van der Waals surface area contributed by atoms with Gasteiger partial charge in [0.2, 0.25) is 0 Å². The fourth-order valence-electron chi connectivity index (χ4n) is 2.25. The summed E-state index contributed by atoms with van der Waals surface area (Å²) in [6, 6.07) is 0. The number of aromatic nitrogens is 2. The molecule has 1 aliphatic heterocycles. The molecule has 0 spiro atoms. The van der Waals surface area contributed by atoms with Crippen molar-refractivity contribution in [2.45, 2.75) is 19.1 Å². The van der Waals surface area contributed by atoms with Crippen molar-refractivity contribution in [3.63, 3.8) is 0 Å². The van der Waals surface area contributed by atoms with Crippen LogP contribution < -0.4 is 5.32 Å². The summed E-state index contributed by atoms with van der Waals surface area (Å²) < 4.78 is 7.61. The Morgan fingerprint density at radius 1 is 1.67 bits per heavy atom. The summed E-state index contributed by atoms with van der Waals surface area (Å²) in [7, 11) is 3.61. The molecular formula is C12H20N4O2. The van der Waals surface area contributed by atoms with Crippen LogP contribution in [-0.4, -0.2) is 52.7 Å². The summed E-state index contributed by atoms with van der Waals surface area (Å²) in [5.74, 6) is -0.0720. The third-order valence-corrected chi connectivity index (χ3v) is 3.36. The number of rotatable bonds is 3. The Kier molecular flexibility index (Phi) is 3.68. The number of hydrogen-bond donors (Lipinski definition) is 1. The van der Waals surface area contributed by atoms with E-state index in [2.05, 4.69) is 15.2 Å². The fraction of sp³-hybridized carbons (Fsp3) is 0.667. The Morgan fingerprint density at radius 3 is 3.06 bits per heavy atom. The largest absolute Gasteiger partial charge is 0.363 e. The molecule has 1 aromatic heterocycles. The fourth-order valence-corrected chi connectivity index (χ4v) is 2.25. The molecule has 1 aliphatic rings. The van der Waals surface area contributed by atoms with Gasteiger partial charge in [-0.1, -0.05) is 0 Å². The third kappa shape index (κ3) is 2.54. The minimum absolute atomic E-state index is 0.0720. The van der Waals surface area contributed by atoms with Crippen molar-refractivity contribution in [1.29, 1.82) is 0 Å². The second kappa shape index (κ2) is 5.07. The molecule has 0 saturated carbocycles. The number of ether oxygens (including phenoxy) is 1. The second-order valence-electron chi connectivity index (χ2n) is 4.86. The van der Waals surface area contributed by atoms with Crippen LogP contribution in [0.15, 0.2) is 12.5 Å². The van der Waals surface area contributed by atoms with E-state index in [0.717, 1.165) is 18.8 Å². The van der Waals surface area contributed by atoms with E-state index in [0.29, 0.717) is 13.2 Å². The zero-order valence-electron chi connectivity index (χ0n) is 11.1. The van der Waals surface area contributed by atoms with Crippen molar-refractivity contribution >= 4 is 5.91 Å². The first kappa shape index (κ1) is 13.0. The number of carbonyl (C=O) groups excluding carboxylic acids is 1. The molecule has 1 aromatic rings.